The van der Waals surface area contributed by atoms with Crippen LogP contribution in [-0.2, 0) is 0 Å². The van der Waals surface area contributed by atoms with Crippen molar-refractivity contribution in [3.05, 3.63) is 114 Å². The second-order valence-corrected chi connectivity index (χ2v) is 9.34. The van der Waals surface area contributed by atoms with Gasteiger partial charge < -0.3 is 0 Å². The Morgan fingerprint density at radius 3 is 2.15 bits per heavy atom. The fraction of sp³-hybridized carbons (Fsp3) is 0. The summed E-state index contributed by atoms with van der Waals surface area (Å²) >= 11 is 3.76. The molecule has 0 N–H and O–H groups in total. The van der Waals surface area contributed by atoms with Gasteiger partial charge in [-0.05, 0) is 68.0 Å². The normalized spacial score (nSPS) is 11.7. The Kier molecular flexibility index (Phi) is 4.29. The predicted molar refractivity (Wildman–Crippen MR) is 146 cm³/mol. The van der Waals surface area contributed by atoms with Crippen LogP contribution < -0.4 is 4.90 Å². The largest absolute Gasteiger partial charge is 0.294 e. The standard InChI is InChI=1S/C30H18BrN3/c31-26-13-8-20-7-12-25-27(14-9-21-6-11-24(26)29(20)30(21)25)34(28-15-16-32-18-33-28)23-10-5-19-3-1-2-4-22(19)17-23/h1-18H. The van der Waals surface area contributed by atoms with Crippen molar-refractivity contribution in [1.29, 1.82) is 0 Å². The van der Waals surface area contributed by atoms with Crippen LogP contribution in [-0.4, -0.2) is 9.97 Å². The number of aromatic nitrogens is 2. The third-order valence-corrected chi connectivity index (χ3v) is 7.31. The van der Waals surface area contributed by atoms with Crippen LogP contribution in [0.25, 0.3) is 43.1 Å². The number of hydrogen-bond donors (Lipinski definition) is 0. The summed E-state index contributed by atoms with van der Waals surface area (Å²) in [4.78, 5) is 11.0. The molecule has 0 spiro atoms. The first-order chi connectivity index (χ1) is 16.8. The minimum Gasteiger partial charge on any atom is -0.294 e. The molecule has 1 heterocycles. The van der Waals surface area contributed by atoms with Crippen LogP contribution in [0.3, 0.4) is 0 Å². The molecule has 0 saturated carbocycles. The molecule has 4 heteroatoms. The molecule has 160 valence electrons. The molecular formula is C30H18BrN3. The molecule has 0 unspecified atom stereocenters. The highest BCUT2D eigenvalue weighted by molar-refractivity contribution is 9.10. The zero-order chi connectivity index (χ0) is 22.6. The van der Waals surface area contributed by atoms with Crippen molar-refractivity contribution < 1.29 is 0 Å². The van der Waals surface area contributed by atoms with Crippen LogP contribution in [0.15, 0.2) is 114 Å². The number of benzene rings is 6. The smallest absolute Gasteiger partial charge is 0.140 e. The van der Waals surface area contributed by atoms with Gasteiger partial charge in [0, 0.05) is 21.7 Å². The van der Waals surface area contributed by atoms with Crippen molar-refractivity contribution >= 4 is 76.2 Å². The van der Waals surface area contributed by atoms with Crippen molar-refractivity contribution in [2.45, 2.75) is 0 Å². The van der Waals surface area contributed by atoms with Gasteiger partial charge in [-0.25, -0.2) is 9.97 Å². The molecule has 0 aliphatic rings. The van der Waals surface area contributed by atoms with Gasteiger partial charge in [-0.15, -0.1) is 0 Å². The molecule has 0 aliphatic carbocycles. The number of hydrogen-bond acceptors (Lipinski definition) is 3. The van der Waals surface area contributed by atoms with Crippen LogP contribution in [0.4, 0.5) is 17.2 Å². The summed E-state index contributed by atoms with van der Waals surface area (Å²) in [5, 5.41) is 9.87. The highest BCUT2D eigenvalue weighted by atomic mass is 79.9. The van der Waals surface area contributed by atoms with E-state index in [9.17, 15) is 0 Å². The van der Waals surface area contributed by atoms with E-state index >= 15 is 0 Å². The average Bonchev–Trinajstić information content (AvgIpc) is 2.90. The van der Waals surface area contributed by atoms with Crippen molar-refractivity contribution in [3.8, 4) is 0 Å². The van der Waals surface area contributed by atoms with Crippen LogP contribution in [0.1, 0.15) is 0 Å². The highest BCUT2D eigenvalue weighted by Crippen LogP contribution is 2.44. The van der Waals surface area contributed by atoms with E-state index in [0.29, 0.717) is 0 Å². The number of fused-ring (bicyclic) bond motifs is 1. The molecule has 0 amide bonds. The van der Waals surface area contributed by atoms with E-state index in [1.807, 2.05) is 6.07 Å². The number of anilines is 3. The fourth-order valence-corrected chi connectivity index (χ4v) is 5.53. The van der Waals surface area contributed by atoms with Gasteiger partial charge in [-0.2, -0.15) is 0 Å². The van der Waals surface area contributed by atoms with E-state index in [0.717, 1.165) is 21.7 Å². The Morgan fingerprint density at radius 1 is 0.618 bits per heavy atom. The van der Waals surface area contributed by atoms with E-state index in [-0.39, 0.29) is 0 Å². The topological polar surface area (TPSA) is 29.0 Å². The number of nitrogens with zero attached hydrogens (tertiary/aromatic N) is 3. The van der Waals surface area contributed by atoms with Crippen molar-refractivity contribution in [1.82, 2.24) is 9.97 Å². The summed E-state index contributed by atoms with van der Waals surface area (Å²) in [7, 11) is 0. The van der Waals surface area contributed by atoms with Crippen LogP contribution >= 0.6 is 15.9 Å². The maximum absolute atomic E-state index is 4.64. The highest BCUT2D eigenvalue weighted by Gasteiger charge is 2.19. The van der Waals surface area contributed by atoms with Gasteiger partial charge in [0.25, 0.3) is 0 Å². The minimum absolute atomic E-state index is 0.835. The van der Waals surface area contributed by atoms with Crippen LogP contribution in [0.5, 0.6) is 0 Å². The monoisotopic (exact) mass is 499 g/mol. The fourth-order valence-electron chi connectivity index (χ4n) is 5.07. The predicted octanol–water partition coefficient (Wildman–Crippen LogP) is 8.76. The Labute approximate surface area is 204 Å². The maximum Gasteiger partial charge on any atom is 0.140 e. The summed E-state index contributed by atoms with van der Waals surface area (Å²) in [6, 6.07) is 34.6. The lowest BCUT2D eigenvalue weighted by molar-refractivity contribution is 1.12. The number of halogens is 1. The molecule has 0 bridgehead atoms. The van der Waals surface area contributed by atoms with Gasteiger partial charge in [-0.3, -0.25) is 4.90 Å². The first-order valence-electron chi connectivity index (χ1n) is 11.2. The van der Waals surface area contributed by atoms with E-state index < -0.39 is 0 Å². The molecule has 0 aliphatic heterocycles. The average molecular weight is 500 g/mol. The lowest BCUT2D eigenvalue weighted by atomic mass is 9.93. The van der Waals surface area contributed by atoms with Crippen molar-refractivity contribution in [2.24, 2.45) is 0 Å². The third kappa shape index (κ3) is 2.89. The molecule has 1 aromatic heterocycles. The van der Waals surface area contributed by atoms with Crippen molar-refractivity contribution in [3.63, 3.8) is 0 Å². The van der Waals surface area contributed by atoms with Gasteiger partial charge >= 0.3 is 0 Å². The summed E-state index contributed by atoms with van der Waals surface area (Å²) in [6.07, 6.45) is 3.40. The molecule has 3 nitrogen and oxygen atoms in total. The molecule has 0 fully saturated rings. The van der Waals surface area contributed by atoms with Crippen molar-refractivity contribution in [2.75, 3.05) is 4.90 Å². The first-order valence-corrected chi connectivity index (χ1v) is 12.0. The Morgan fingerprint density at radius 2 is 1.32 bits per heavy atom. The Bertz CT molecular complexity index is 1830. The maximum atomic E-state index is 4.64. The van der Waals surface area contributed by atoms with Crippen LogP contribution in [0, 0.1) is 0 Å². The zero-order valence-corrected chi connectivity index (χ0v) is 19.7. The summed E-state index contributed by atoms with van der Waals surface area (Å²) in [5.74, 6) is 0.835. The van der Waals surface area contributed by atoms with Gasteiger partial charge in [0.1, 0.15) is 12.1 Å². The Balaban J connectivity index is 1.57. The van der Waals surface area contributed by atoms with E-state index in [4.69, 9.17) is 0 Å². The summed E-state index contributed by atoms with van der Waals surface area (Å²) in [6.45, 7) is 0. The molecular weight excluding hydrogens is 482 g/mol. The second kappa shape index (κ2) is 7.51. The first kappa shape index (κ1) is 19.4. The second-order valence-electron chi connectivity index (χ2n) is 8.49. The summed E-state index contributed by atoms with van der Waals surface area (Å²) in [5.41, 5.74) is 2.16. The third-order valence-electron chi connectivity index (χ3n) is 6.62. The molecule has 0 atom stereocenters. The molecule has 34 heavy (non-hydrogen) atoms. The van der Waals surface area contributed by atoms with Gasteiger partial charge in [0.2, 0.25) is 0 Å². The van der Waals surface area contributed by atoms with E-state index in [1.54, 1.807) is 12.5 Å². The SMILES string of the molecule is Brc1ccc2ccc3c(N(c4ccc5ccccc5c4)c4ccncn4)ccc4ccc1c2c43. The van der Waals surface area contributed by atoms with Gasteiger partial charge in [0.05, 0.1) is 5.69 Å². The quantitative estimate of drug-likeness (QED) is 0.227. The minimum atomic E-state index is 0.835. The lowest BCUT2D eigenvalue weighted by Crippen LogP contribution is -2.12. The molecule has 7 rings (SSSR count). The molecule has 7 aromatic rings. The molecule has 0 saturated heterocycles. The summed E-state index contributed by atoms with van der Waals surface area (Å²) < 4.78 is 1.11. The van der Waals surface area contributed by atoms with E-state index in [1.165, 1.54) is 43.1 Å². The van der Waals surface area contributed by atoms with Crippen LogP contribution in [0.2, 0.25) is 0 Å². The molecule has 6 aromatic carbocycles. The number of rotatable bonds is 3. The zero-order valence-electron chi connectivity index (χ0n) is 18.1. The lowest BCUT2D eigenvalue weighted by Gasteiger charge is -2.26. The van der Waals surface area contributed by atoms with E-state index in [2.05, 4.69) is 122 Å². The Hall–Kier alpha value is -4.02. The molecule has 0 radical (unpaired) electrons. The van der Waals surface area contributed by atoms with Gasteiger partial charge in [-0.1, -0.05) is 82.7 Å². The van der Waals surface area contributed by atoms with Gasteiger partial charge in [0.15, 0.2) is 0 Å².